The van der Waals surface area contributed by atoms with Crippen LogP contribution < -0.4 is 5.32 Å². The highest BCUT2D eigenvalue weighted by Gasteiger charge is 2.28. The van der Waals surface area contributed by atoms with Gasteiger partial charge in [0.15, 0.2) is 0 Å². The Kier molecular flexibility index (Phi) is 6.04. The number of likely N-dealkylation sites (tertiary alicyclic amines) is 1. The Hall–Kier alpha value is -2.47. The highest BCUT2D eigenvalue weighted by molar-refractivity contribution is 7.19. The number of nitrogens with one attached hydrogen (secondary N) is 1. The van der Waals surface area contributed by atoms with Crippen molar-refractivity contribution >= 4 is 33.3 Å². The van der Waals surface area contributed by atoms with Crippen molar-refractivity contribution in [3.8, 4) is 11.1 Å². The molecule has 5 nitrogen and oxygen atoms in total. The molecule has 3 heterocycles. The summed E-state index contributed by atoms with van der Waals surface area (Å²) in [5, 5.41) is 4.48. The van der Waals surface area contributed by atoms with Crippen LogP contribution in [0.2, 0.25) is 0 Å². The molecule has 0 spiro atoms. The molecule has 1 amide bonds. The number of rotatable bonds is 5. The lowest BCUT2D eigenvalue weighted by molar-refractivity contribution is -0.136. The normalized spacial score (nSPS) is 19.3. The Labute approximate surface area is 182 Å². The van der Waals surface area contributed by atoms with Gasteiger partial charge in [0.05, 0.1) is 5.39 Å². The maximum atomic E-state index is 12.9. The Morgan fingerprint density at radius 3 is 2.53 bits per heavy atom. The zero-order valence-corrected chi connectivity index (χ0v) is 19.1. The van der Waals surface area contributed by atoms with Crippen LogP contribution in [0.1, 0.15) is 50.0 Å². The molecular formula is C24H30N4OS. The van der Waals surface area contributed by atoms with Crippen molar-refractivity contribution < 1.29 is 4.79 Å². The van der Waals surface area contributed by atoms with Gasteiger partial charge in [-0.1, -0.05) is 29.8 Å². The van der Waals surface area contributed by atoms with Gasteiger partial charge in [-0.15, -0.1) is 11.3 Å². The fourth-order valence-corrected chi connectivity index (χ4v) is 5.59. The first-order chi connectivity index (χ1) is 14.5. The molecule has 0 aliphatic carbocycles. The molecule has 1 fully saturated rings. The van der Waals surface area contributed by atoms with E-state index in [1.165, 1.54) is 28.0 Å². The number of hydrogen-bond donors (Lipinski definition) is 1. The van der Waals surface area contributed by atoms with Crippen LogP contribution in [0.4, 0.5) is 5.82 Å². The zero-order valence-electron chi connectivity index (χ0n) is 18.2. The summed E-state index contributed by atoms with van der Waals surface area (Å²) in [5.41, 5.74) is 3.60. The molecule has 1 saturated heterocycles. The van der Waals surface area contributed by atoms with E-state index >= 15 is 0 Å². The van der Waals surface area contributed by atoms with Gasteiger partial charge in [-0.25, -0.2) is 9.97 Å². The summed E-state index contributed by atoms with van der Waals surface area (Å²) >= 11 is 1.69. The maximum absolute atomic E-state index is 12.9. The molecule has 30 heavy (non-hydrogen) atoms. The highest BCUT2D eigenvalue weighted by atomic mass is 32.1. The van der Waals surface area contributed by atoms with E-state index in [0.29, 0.717) is 25.0 Å². The number of carbonyl (C=O) groups is 1. The summed E-state index contributed by atoms with van der Waals surface area (Å²) in [6.07, 6.45) is 5.50. The Morgan fingerprint density at radius 1 is 1.13 bits per heavy atom. The van der Waals surface area contributed by atoms with E-state index in [4.69, 9.17) is 0 Å². The molecule has 0 saturated carbocycles. The first-order valence-electron chi connectivity index (χ1n) is 10.8. The minimum atomic E-state index is 0.229. The molecular weight excluding hydrogens is 392 g/mol. The number of amides is 1. The third kappa shape index (κ3) is 4.06. The summed E-state index contributed by atoms with van der Waals surface area (Å²) in [5.74, 6) is 1.04. The molecule has 4 rings (SSSR count). The summed E-state index contributed by atoms with van der Waals surface area (Å²) < 4.78 is 0. The monoisotopic (exact) mass is 422 g/mol. The third-order valence-corrected chi connectivity index (χ3v) is 7.13. The van der Waals surface area contributed by atoms with Gasteiger partial charge >= 0.3 is 0 Å². The van der Waals surface area contributed by atoms with Gasteiger partial charge in [0, 0.05) is 35.5 Å². The van der Waals surface area contributed by atoms with Gasteiger partial charge in [-0.3, -0.25) is 4.79 Å². The molecule has 2 atom stereocenters. The Bertz CT molecular complexity index is 1030. The van der Waals surface area contributed by atoms with E-state index in [0.717, 1.165) is 28.9 Å². The van der Waals surface area contributed by atoms with Gasteiger partial charge < -0.3 is 10.2 Å². The van der Waals surface area contributed by atoms with Crippen LogP contribution in [-0.4, -0.2) is 39.4 Å². The second kappa shape index (κ2) is 8.72. The first kappa shape index (κ1) is 20.8. The lowest BCUT2D eigenvalue weighted by Gasteiger charge is -2.39. The SMILES string of the molecule is Cc1ccc(-c2c(C)sc3ncnc(NCCC(=O)N4C(C)CCCC4C)c23)cc1. The molecule has 3 aromatic rings. The van der Waals surface area contributed by atoms with Crippen molar-refractivity contribution in [1.82, 2.24) is 14.9 Å². The largest absolute Gasteiger partial charge is 0.369 e. The minimum Gasteiger partial charge on any atom is -0.369 e. The summed E-state index contributed by atoms with van der Waals surface area (Å²) in [6, 6.07) is 9.25. The number of hydrogen-bond acceptors (Lipinski definition) is 5. The van der Waals surface area contributed by atoms with Gasteiger partial charge in [0.25, 0.3) is 0 Å². The average molecular weight is 423 g/mol. The summed E-state index contributed by atoms with van der Waals surface area (Å²) in [7, 11) is 0. The highest BCUT2D eigenvalue weighted by Crippen LogP contribution is 2.40. The second-order valence-corrected chi connectivity index (χ2v) is 9.61. The number of piperidine rings is 1. The van der Waals surface area contributed by atoms with Crippen LogP contribution in [0.25, 0.3) is 21.3 Å². The number of aromatic nitrogens is 2. The molecule has 158 valence electrons. The topological polar surface area (TPSA) is 58.1 Å². The second-order valence-electron chi connectivity index (χ2n) is 8.41. The van der Waals surface area contributed by atoms with Crippen LogP contribution in [0.3, 0.4) is 0 Å². The number of benzene rings is 1. The third-order valence-electron chi connectivity index (χ3n) is 6.12. The summed E-state index contributed by atoms with van der Waals surface area (Å²) in [6.45, 7) is 9.13. The fourth-order valence-electron chi connectivity index (χ4n) is 4.58. The van der Waals surface area contributed by atoms with Crippen molar-refractivity contribution in [2.75, 3.05) is 11.9 Å². The van der Waals surface area contributed by atoms with Crippen molar-refractivity contribution in [3.63, 3.8) is 0 Å². The van der Waals surface area contributed by atoms with Crippen molar-refractivity contribution in [3.05, 3.63) is 41.0 Å². The average Bonchev–Trinajstić information content (AvgIpc) is 3.05. The number of anilines is 1. The molecule has 1 aliphatic rings. The number of nitrogens with zero attached hydrogens (tertiary/aromatic N) is 3. The van der Waals surface area contributed by atoms with Gasteiger partial charge in [-0.05, 0) is 52.5 Å². The van der Waals surface area contributed by atoms with E-state index in [-0.39, 0.29) is 5.91 Å². The standard InChI is InChI=1S/C24H30N4OS/c1-15-8-10-19(11-9-15)21-18(4)30-24-22(21)23(26-14-27-24)25-13-12-20(29)28-16(2)6-5-7-17(28)3/h8-11,14,16-17H,5-7,12-13H2,1-4H3,(H,25,26,27). The van der Waals surface area contributed by atoms with Gasteiger partial charge in [0.2, 0.25) is 5.91 Å². The van der Waals surface area contributed by atoms with E-state index in [1.807, 2.05) is 0 Å². The zero-order chi connectivity index (χ0) is 21.3. The lowest BCUT2D eigenvalue weighted by atomic mass is 9.97. The minimum absolute atomic E-state index is 0.229. The van der Waals surface area contributed by atoms with Crippen LogP contribution in [-0.2, 0) is 4.79 Å². The molecule has 1 aromatic carbocycles. The van der Waals surface area contributed by atoms with E-state index < -0.39 is 0 Å². The van der Waals surface area contributed by atoms with Crippen molar-refractivity contribution in [1.29, 1.82) is 0 Å². The van der Waals surface area contributed by atoms with Crippen LogP contribution in [0, 0.1) is 13.8 Å². The Morgan fingerprint density at radius 2 is 1.83 bits per heavy atom. The lowest BCUT2D eigenvalue weighted by Crippen LogP contribution is -2.47. The predicted octanol–water partition coefficient (Wildman–Crippen LogP) is 5.57. The molecule has 2 unspecified atom stereocenters. The molecule has 2 aromatic heterocycles. The van der Waals surface area contributed by atoms with Crippen LogP contribution in [0.5, 0.6) is 0 Å². The molecule has 1 N–H and O–H groups in total. The van der Waals surface area contributed by atoms with Crippen molar-refractivity contribution in [2.45, 2.75) is 65.5 Å². The molecule has 0 radical (unpaired) electrons. The maximum Gasteiger partial charge on any atom is 0.224 e. The van der Waals surface area contributed by atoms with Crippen molar-refractivity contribution in [2.24, 2.45) is 0 Å². The molecule has 0 bridgehead atoms. The summed E-state index contributed by atoms with van der Waals surface area (Å²) in [4.78, 5) is 26.2. The van der Waals surface area contributed by atoms with E-state index in [2.05, 4.69) is 72.1 Å². The van der Waals surface area contributed by atoms with Crippen LogP contribution in [0.15, 0.2) is 30.6 Å². The van der Waals surface area contributed by atoms with Gasteiger partial charge in [0.1, 0.15) is 17.0 Å². The smallest absolute Gasteiger partial charge is 0.224 e. The quantitative estimate of drug-likeness (QED) is 0.584. The van der Waals surface area contributed by atoms with Gasteiger partial charge in [-0.2, -0.15) is 0 Å². The molecule has 6 heteroatoms. The Balaban J connectivity index is 1.55. The number of carbonyl (C=O) groups excluding carboxylic acids is 1. The number of fused-ring (bicyclic) bond motifs is 1. The van der Waals surface area contributed by atoms with E-state index in [1.54, 1.807) is 17.7 Å². The first-order valence-corrected chi connectivity index (χ1v) is 11.6. The predicted molar refractivity (Wildman–Crippen MR) is 125 cm³/mol. The fraction of sp³-hybridized carbons (Fsp3) is 0.458. The number of aryl methyl sites for hydroxylation is 2. The van der Waals surface area contributed by atoms with Crippen LogP contribution >= 0.6 is 11.3 Å². The number of thiophene rings is 1. The van der Waals surface area contributed by atoms with E-state index in [9.17, 15) is 4.79 Å². The molecule has 1 aliphatic heterocycles.